The smallest absolute Gasteiger partial charge is 0.329 e. The fourth-order valence-corrected chi connectivity index (χ4v) is 3.84. The largest absolute Gasteiger partial charge is 0.458 e. The van der Waals surface area contributed by atoms with Crippen LogP contribution in [0.15, 0.2) is 54.6 Å². The number of nitrogens with one attached hydrogen (secondary N) is 1. The van der Waals surface area contributed by atoms with Gasteiger partial charge in [0.2, 0.25) is 0 Å². The third-order valence-electron chi connectivity index (χ3n) is 5.14. The van der Waals surface area contributed by atoms with Crippen LogP contribution in [0.1, 0.15) is 33.7 Å². The molecule has 35 heavy (non-hydrogen) atoms. The van der Waals surface area contributed by atoms with E-state index in [0.717, 1.165) is 6.07 Å². The minimum atomic E-state index is -0.978. The maximum absolute atomic E-state index is 13.0. The van der Waals surface area contributed by atoms with E-state index in [9.17, 15) is 25.0 Å². The number of rotatable bonds is 10. The summed E-state index contributed by atoms with van der Waals surface area (Å²) >= 11 is 1.49. The highest BCUT2D eigenvalue weighted by atomic mass is 32.2. The number of thioether (sulfide) groups is 1. The average molecular weight is 494 g/mol. The number of ether oxygens (including phenoxy) is 1. The molecule has 1 amide bonds. The van der Waals surface area contributed by atoms with Crippen molar-refractivity contribution < 1.29 is 19.2 Å². The van der Waals surface area contributed by atoms with E-state index in [-0.39, 0.29) is 17.9 Å². The zero-order valence-electron chi connectivity index (χ0n) is 19.1. The number of nitriles is 1. The summed E-state index contributed by atoms with van der Waals surface area (Å²) in [6, 6.07) is 15.5. The van der Waals surface area contributed by atoms with E-state index >= 15 is 0 Å². The van der Waals surface area contributed by atoms with Crippen LogP contribution >= 0.6 is 11.8 Å². The zero-order chi connectivity index (χ0) is 25.4. The summed E-state index contributed by atoms with van der Waals surface area (Å²) in [5.41, 5.74) is 1.77. The molecule has 0 aliphatic heterocycles. The number of hydrogen-bond donors (Lipinski definition) is 1. The predicted molar refractivity (Wildman–Crippen MR) is 130 cm³/mol. The van der Waals surface area contributed by atoms with Crippen LogP contribution in [0.4, 0.5) is 5.69 Å². The number of benzene rings is 2. The number of aromatic nitrogens is 2. The second-order valence-electron chi connectivity index (χ2n) is 7.49. The van der Waals surface area contributed by atoms with Gasteiger partial charge in [-0.25, -0.2) is 9.48 Å². The molecule has 10 nitrogen and oxygen atoms in total. The monoisotopic (exact) mass is 493 g/mol. The molecule has 0 spiro atoms. The number of non-ortho nitro benzene ring substituents is 1. The van der Waals surface area contributed by atoms with Gasteiger partial charge < -0.3 is 10.1 Å². The molecule has 1 N–H and O–H groups in total. The second-order valence-corrected chi connectivity index (χ2v) is 8.47. The maximum atomic E-state index is 13.0. The van der Waals surface area contributed by atoms with Crippen LogP contribution < -0.4 is 5.32 Å². The van der Waals surface area contributed by atoms with Crippen LogP contribution in [0, 0.1) is 28.4 Å². The normalized spacial score (nSPS) is 11.3. The van der Waals surface area contributed by atoms with Crippen molar-refractivity contribution in [2.24, 2.45) is 0 Å². The number of carbonyl (C=O) groups excluding carboxylic acids is 2. The minimum absolute atomic E-state index is 0.0608. The van der Waals surface area contributed by atoms with E-state index in [1.807, 2.05) is 36.6 Å². The molecule has 11 heteroatoms. The van der Waals surface area contributed by atoms with E-state index in [1.165, 1.54) is 30.0 Å². The lowest BCUT2D eigenvalue weighted by molar-refractivity contribution is -0.384. The molecule has 3 rings (SSSR count). The summed E-state index contributed by atoms with van der Waals surface area (Å²) in [6.45, 7) is 1.48. The molecule has 0 fully saturated rings. The van der Waals surface area contributed by atoms with Crippen molar-refractivity contribution in [3.8, 4) is 11.8 Å². The van der Waals surface area contributed by atoms with Crippen molar-refractivity contribution in [3.05, 3.63) is 87.2 Å². The highest BCUT2D eigenvalue weighted by Crippen LogP contribution is 2.20. The van der Waals surface area contributed by atoms with Gasteiger partial charge in [0.1, 0.15) is 24.3 Å². The number of aryl methyl sites for hydroxylation is 1. The molecule has 0 saturated heterocycles. The zero-order valence-corrected chi connectivity index (χ0v) is 19.9. The lowest BCUT2D eigenvalue weighted by Crippen LogP contribution is -2.42. The van der Waals surface area contributed by atoms with Crippen molar-refractivity contribution in [2.45, 2.75) is 26.0 Å². The first-order valence-electron chi connectivity index (χ1n) is 10.6. The lowest BCUT2D eigenvalue weighted by atomic mass is 10.1. The Hall–Kier alpha value is -4.17. The molecule has 0 bridgehead atoms. The van der Waals surface area contributed by atoms with E-state index in [0.29, 0.717) is 34.8 Å². The summed E-state index contributed by atoms with van der Waals surface area (Å²) in [4.78, 5) is 36.1. The fourth-order valence-electron chi connectivity index (χ4n) is 3.36. The average Bonchev–Trinajstić information content (AvgIpc) is 3.20. The number of hydrogen-bond acceptors (Lipinski definition) is 8. The second kappa shape index (κ2) is 11.8. The standard InChI is InChI=1S/C24H23N5O5S/c1-16-20(14-25)22(28(27-16)18-8-4-3-5-9-18)15-34-24(31)21(11-12-35-2)26-23(30)17-7-6-10-19(13-17)29(32)33/h3-10,13,21H,11-12,15H2,1-2H3,(H,26,30). The number of nitro benzene ring substituents is 1. The molecule has 1 unspecified atom stereocenters. The lowest BCUT2D eigenvalue weighted by Gasteiger charge is -2.18. The van der Waals surface area contributed by atoms with Crippen molar-refractivity contribution >= 4 is 29.3 Å². The van der Waals surface area contributed by atoms with Crippen LogP contribution in [0.5, 0.6) is 0 Å². The van der Waals surface area contributed by atoms with Crippen molar-refractivity contribution in [2.75, 3.05) is 12.0 Å². The Labute approximate surface area is 206 Å². The Balaban J connectivity index is 1.79. The maximum Gasteiger partial charge on any atom is 0.329 e. The van der Waals surface area contributed by atoms with Crippen LogP contribution in [0.2, 0.25) is 0 Å². The van der Waals surface area contributed by atoms with Crippen LogP contribution in [0.3, 0.4) is 0 Å². The van der Waals surface area contributed by atoms with Gasteiger partial charge >= 0.3 is 5.97 Å². The molecule has 0 radical (unpaired) electrons. The highest BCUT2D eigenvalue weighted by Gasteiger charge is 2.25. The number of carbonyl (C=O) groups is 2. The van der Waals surface area contributed by atoms with Gasteiger partial charge in [0.05, 0.1) is 22.0 Å². The van der Waals surface area contributed by atoms with Gasteiger partial charge in [-0.15, -0.1) is 0 Å². The Morgan fingerprint density at radius 1 is 1.26 bits per heavy atom. The van der Waals surface area contributed by atoms with E-state index in [2.05, 4.69) is 16.5 Å². The van der Waals surface area contributed by atoms with E-state index in [4.69, 9.17) is 4.74 Å². The van der Waals surface area contributed by atoms with Gasteiger partial charge in [-0.3, -0.25) is 14.9 Å². The number of nitro groups is 1. The molecule has 0 saturated carbocycles. The minimum Gasteiger partial charge on any atom is -0.458 e. The van der Waals surface area contributed by atoms with E-state index in [1.54, 1.807) is 11.6 Å². The number of para-hydroxylation sites is 1. The van der Waals surface area contributed by atoms with Crippen LogP contribution in [0.25, 0.3) is 5.69 Å². The molecular weight excluding hydrogens is 470 g/mol. The summed E-state index contributed by atoms with van der Waals surface area (Å²) < 4.78 is 7.08. The quantitative estimate of drug-likeness (QED) is 0.257. The first-order valence-corrected chi connectivity index (χ1v) is 12.0. The summed E-state index contributed by atoms with van der Waals surface area (Å²) in [6.07, 6.45) is 2.16. The summed E-state index contributed by atoms with van der Waals surface area (Å²) in [5, 5.41) is 27.6. The molecule has 3 aromatic rings. The molecule has 1 atom stereocenters. The topological polar surface area (TPSA) is 140 Å². The van der Waals surface area contributed by atoms with Gasteiger partial charge in [0.25, 0.3) is 11.6 Å². The van der Waals surface area contributed by atoms with Gasteiger partial charge in [-0.05, 0) is 43.6 Å². The van der Waals surface area contributed by atoms with Crippen molar-refractivity contribution in [1.29, 1.82) is 5.26 Å². The van der Waals surface area contributed by atoms with Crippen molar-refractivity contribution in [3.63, 3.8) is 0 Å². The number of esters is 1. The SMILES string of the molecule is CSCCC(NC(=O)c1cccc([N+](=O)[O-])c1)C(=O)OCc1c(C#N)c(C)nn1-c1ccccc1. The van der Waals surface area contributed by atoms with Gasteiger partial charge in [0, 0.05) is 17.7 Å². The molecule has 180 valence electrons. The molecule has 1 aromatic heterocycles. The van der Waals surface area contributed by atoms with E-state index < -0.39 is 22.8 Å². The van der Waals surface area contributed by atoms with Crippen LogP contribution in [-0.4, -0.2) is 44.6 Å². The Morgan fingerprint density at radius 2 is 2.00 bits per heavy atom. The summed E-state index contributed by atoms with van der Waals surface area (Å²) in [7, 11) is 0. The first kappa shape index (κ1) is 25.5. The molecule has 1 heterocycles. The molecule has 0 aliphatic carbocycles. The Bertz CT molecular complexity index is 1270. The Morgan fingerprint density at radius 3 is 2.66 bits per heavy atom. The van der Waals surface area contributed by atoms with Gasteiger partial charge in [-0.1, -0.05) is 24.3 Å². The molecule has 0 aliphatic rings. The Kier molecular flexibility index (Phi) is 8.58. The number of amides is 1. The molecule has 2 aromatic carbocycles. The van der Waals surface area contributed by atoms with Gasteiger partial charge in [-0.2, -0.15) is 22.1 Å². The van der Waals surface area contributed by atoms with Crippen molar-refractivity contribution in [1.82, 2.24) is 15.1 Å². The third-order valence-corrected chi connectivity index (χ3v) is 5.78. The molecular formula is C24H23N5O5S. The third kappa shape index (κ3) is 6.24. The first-order chi connectivity index (χ1) is 16.8. The highest BCUT2D eigenvalue weighted by molar-refractivity contribution is 7.98. The predicted octanol–water partition coefficient (Wildman–Crippen LogP) is 3.56. The number of nitrogens with zero attached hydrogens (tertiary/aromatic N) is 4. The van der Waals surface area contributed by atoms with Gasteiger partial charge in [0.15, 0.2) is 0 Å². The van der Waals surface area contributed by atoms with Crippen LogP contribution in [-0.2, 0) is 16.1 Å². The fraction of sp³-hybridized carbons (Fsp3) is 0.250. The summed E-state index contributed by atoms with van der Waals surface area (Å²) in [5.74, 6) is -0.737.